The molecule has 1 saturated carbocycles. The van der Waals surface area contributed by atoms with Gasteiger partial charge in [0.25, 0.3) is 0 Å². The number of benzene rings is 2. The van der Waals surface area contributed by atoms with Gasteiger partial charge in [0, 0.05) is 48.3 Å². The predicted octanol–water partition coefficient (Wildman–Crippen LogP) is 6.40. The molecule has 0 spiro atoms. The van der Waals surface area contributed by atoms with Crippen molar-refractivity contribution in [2.24, 2.45) is 0 Å². The third-order valence-electron chi connectivity index (χ3n) is 6.50. The van der Waals surface area contributed by atoms with Gasteiger partial charge in [-0.25, -0.2) is 9.18 Å². The lowest BCUT2D eigenvalue weighted by Gasteiger charge is -2.43. The standard InChI is InChI=1S/C24H27Cl2FN2O2.ClH/c1-14-12-28(5-6-29(14)15(2)17-7-19(25)10-20(26)8-17)13-18-9-23(27)22(24(30)31)11-21(18)16-3-4-16;/h7-11,14-16H,3-6,12-13H2,1-2H3,(H,30,31);1H/t14-,15+;/m0./s1. The summed E-state index contributed by atoms with van der Waals surface area (Å²) in [6.07, 6.45) is 2.09. The quantitative estimate of drug-likeness (QED) is 0.497. The van der Waals surface area contributed by atoms with Crippen molar-refractivity contribution in [3.8, 4) is 0 Å². The minimum Gasteiger partial charge on any atom is -0.478 e. The van der Waals surface area contributed by atoms with Crippen LogP contribution in [0.4, 0.5) is 4.39 Å². The van der Waals surface area contributed by atoms with Crippen LogP contribution >= 0.6 is 35.6 Å². The first-order valence-corrected chi connectivity index (χ1v) is 11.5. The predicted molar refractivity (Wildman–Crippen MR) is 129 cm³/mol. The van der Waals surface area contributed by atoms with E-state index in [1.807, 2.05) is 12.1 Å². The van der Waals surface area contributed by atoms with Crippen LogP contribution in [-0.2, 0) is 6.54 Å². The highest BCUT2D eigenvalue weighted by Gasteiger charge is 2.31. The zero-order chi connectivity index (χ0) is 22.3. The number of rotatable bonds is 6. The summed E-state index contributed by atoms with van der Waals surface area (Å²) in [4.78, 5) is 16.1. The molecule has 0 aromatic heterocycles. The molecule has 8 heteroatoms. The average Bonchev–Trinajstić information content (AvgIpc) is 3.52. The molecule has 2 fully saturated rings. The smallest absolute Gasteiger partial charge is 0.338 e. The molecule has 4 rings (SSSR count). The second-order valence-electron chi connectivity index (χ2n) is 8.81. The molecule has 2 aliphatic rings. The summed E-state index contributed by atoms with van der Waals surface area (Å²) in [5.74, 6) is -1.49. The van der Waals surface area contributed by atoms with Gasteiger partial charge in [0.05, 0.1) is 5.56 Å². The first kappa shape index (κ1) is 25.3. The van der Waals surface area contributed by atoms with Gasteiger partial charge in [0.1, 0.15) is 5.82 Å². The van der Waals surface area contributed by atoms with Gasteiger partial charge in [-0.15, -0.1) is 12.4 Å². The van der Waals surface area contributed by atoms with E-state index in [4.69, 9.17) is 23.2 Å². The van der Waals surface area contributed by atoms with Crippen LogP contribution < -0.4 is 0 Å². The molecule has 2 aromatic carbocycles. The van der Waals surface area contributed by atoms with Crippen LogP contribution in [0.1, 0.15) is 65.7 Å². The summed E-state index contributed by atoms with van der Waals surface area (Å²) in [7, 11) is 0. The molecule has 2 atom stereocenters. The van der Waals surface area contributed by atoms with E-state index in [-0.39, 0.29) is 24.0 Å². The van der Waals surface area contributed by atoms with Crippen LogP contribution in [0.25, 0.3) is 0 Å². The minimum absolute atomic E-state index is 0. The van der Waals surface area contributed by atoms with Crippen LogP contribution in [0.3, 0.4) is 0 Å². The molecule has 0 amide bonds. The van der Waals surface area contributed by atoms with Gasteiger partial charge in [0.15, 0.2) is 0 Å². The van der Waals surface area contributed by atoms with Gasteiger partial charge in [0.2, 0.25) is 0 Å². The fraction of sp³-hybridized carbons (Fsp3) is 0.458. The van der Waals surface area contributed by atoms with Gasteiger partial charge in [-0.3, -0.25) is 9.80 Å². The van der Waals surface area contributed by atoms with Crippen LogP contribution in [-0.4, -0.2) is 46.6 Å². The topological polar surface area (TPSA) is 43.8 Å². The second-order valence-corrected chi connectivity index (χ2v) is 9.68. The Morgan fingerprint density at radius 3 is 2.38 bits per heavy atom. The SMILES string of the molecule is C[C@H](c1cc(Cl)cc(Cl)c1)N1CCN(Cc2cc(F)c(C(=O)O)cc2C2CC2)C[C@@H]1C.Cl. The number of piperazine rings is 1. The molecular weight excluding hydrogens is 474 g/mol. The number of halogens is 4. The van der Waals surface area contributed by atoms with E-state index in [1.165, 1.54) is 6.07 Å². The Balaban J connectivity index is 0.00000289. The van der Waals surface area contributed by atoms with E-state index in [0.29, 0.717) is 28.5 Å². The van der Waals surface area contributed by atoms with Gasteiger partial charge in [-0.1, -0.05) is 23.2 Å². The number of carboxylic acid groups (broad SMARTS) is 1. The Kier molecular flexibility index (Phi) is 8.11. The van der Waals surface area contributed by atoms with Gasteiger partial charge < -0.3 is 5.11 Å². The van der Waals surface area contributed by atoms with Crippen LogP contribution in [0, 0.1) is 5.82 Å². The molecule has 1 aliphatic carbocycles. The third kappa shape index (κ3) is 5.57. The van der Waals surface area contributed by atoms with Gasteiger partial charge in [-0.2, -0.15) is 0 Å². The summed E-state index contributed by atoms with van der Waals surface area (Å²) in [6, 6.07) is 9.14. The largest absolute Gasteiger partial charge is 0.478 e. The van der Waals surface area contributed by atoms with Crippen molar-refractivity contribution >= 4 is 41.6 Å². The molecule has 0 unspecified atom stereocenters. The van der Waals surface area contributed by atoms with Crippen molar-refractivity contribution < 1.29 is 14.3 Å². The first-order valence-electron chi connectivity index (χ1n) is 10.7. The second kappa shape index (κ2) is 10.3. The van der Waals surface area contributed by atoms with E-state index in [1.54, 1.807) is 12.1 Å². The van der Waals surface area contributed by atoms with Crippen LogP contribution in [0.2, 0.25) is 10.0 Å². The van der Waals surface area contributed by atoms with E-state index < -0.39 is 11.8 Å². The summed E-state index contributed by atoms with van der Waals surface area (Å²) in [5.41, 5.74) is 2.79. The summed E-state index contributed by atoms with van der Waals surface area (Å²) in [6.45, 7) is 7.59. The molecule has 0 radical (unpaired) electrons. The molecule has 2 aromatic rings. The van der Waals surface area contributed by atoms with Crippen molar-refractivity contribution in [3.63, 3.8) is 0 Å². The molecule has 0 bridgehead atoms. The fourth-order valence-corrected chi connectivity index (χ4v) is 5.26. The number of aromatic carboxylic acids is 1. The normalized spacial score (nSPS) is 20.6. The van der Waals surface area contributed by atoms with Gasteiger partial charge in [-0.05, 0) is 79.6 Å². The Bertz CT molecular complexity index is 979. The van der Waals surface area contributed by atoms with E-state index in [2.05, 4.69) is 23.6 Å². The summed E-state index contributed by atoms with van der Waals surface area (Å²) in [5, 5.41) is 10.6. The van der Waals surface area contributed by atoms with Crippen molar-refractivity contribution in [1.29, 1.82) is 0 Å². The van der Waals surface area contributed by atoms with Crippen LogP contribution in [0.15, 0.2) is 30.3 Å². The molecule has 4 nitrogen and oxygen atoms in total. The number of carboxylic acids is 1. The maximum Gasteiger partial charge on any atom is 0.338 e. The highest BCUT2D eigenvalue weighted by molar-refractivity contribution is 6.34. The summed E-state index contributed by atoms with van der Waals surface area (Å²) >= 11 is 12.4. The monoisotopic (exact) mass is 500 g/mol. The van der Waals surface area contributed by atoms with Gasteiger partial charge >= 0.3 is 5.97 Å². The van der Waals surface area contributed by atoms with Crippen molar-refractivity contribution in [1.82, 2.24) is 9.80 Å². The van der Waals surface area contributed by atoms with E-state index in [9.17, 15) is 14.3 Å². The van der Waals surface area contributed by atoms with Crippen molar-refractivity contribution in [2.75, 3.05) is 19.6 Å². The number of nitrogens with zero attached hydrogens (tertiary/aromatic N) is 2. The Morgan fingerprint density at radius 1 is 1.16 bits per heavy atom. The molecule has 1 N–H and O–H groups in total. The third-order valence-corrected chi connectivity index (χ3v) is 6.93. The lowest BCUT2D eigenvalue weighted by Crippen LogP contribution is -2.52. The lowest BCUT2D eigenvalue weighted by atomic mass is 9.98. The van der Waals surface area contributed by atoms with E-state index in [0.717, 1.165) is 49.2 Å². The zero-order valence-corrected chi connectivity index (χ0v) is 20.5. The number of hydrogen-bond donors (Lipinski definition) is 1. The molecule has 174 valence electrons. The molecule has 1 saturated heterocycles. The van der Waals surface area contributed by atoms with E-state index >= 15 is 0 Å². The highest BCUT2D eigenvalue weighted by atomic mass is 35.5. The number of carbonyl (C=O) groups is 1. The molecule has 32 heavy (non-hydrogen) atoms. The van der Waals surface area contributed by atoms with Crippen molar-refractivity contribution in [2.45, 2.75) is 51.2 Å². The average molecular weight is 502 g/mol. The zero-order valence-electron chi connectivity index (χ0n) is 18.2. The first-order chi connectivity index (χ1) is 14.7. The highest BCUT2D eigenvalue weighted by Crippen LogP contribution is 2.43. The Hall–Kier alpha value is -1.37. The maximum atomic E-state index is 14.4. The summed E-state index contributed by atoms with van der Waals surface area (Å²) < 4.78 is 14.4. The fourth-order valence-electron chi connectivity index (χ4n) is 4.72. The van der Waals surface area contributed by atoms with Crippen LogP contribution in [0.5, 0.6) is 0 Å². The lowest BCUT2D eigenvalue weighted by molar-refractivity contribution is 0.0503. The molecule has 1 aliphatic heterocycles. The maximum absolute atomic E-state index is 14.4. The molecule has 1 heterocycles. The minimum atomic E-state index is -1.21. The number of hydrogen-bond acceptors (Lipinski definition) is 3. The molecular formula is C24H28Cl3FN2O2. The van der Waals surface area contributed by atoms with Crippen molar-refractivity contribution in [3.05, 3.63) is 68.4 Å². The Morgan fingerprint density at radius 2 is 1.81 bits per heavy atom. The Labute approximate surface area is 204 Å².